The van der Waals surface area contributed by atoms with E-state index in [4.69, 9.17) is 4.74 Å². The van der Waals surface area contributed by atoms with Gasteiger partial charge >= 0.3 is 0 Å². The summed E-state index contributed by atoms with van der Waals surface area (Å²) >= 11 is 6.00. The molecule has 1 atom stereocenters. The summed E-state index contributed by atoms with van der Waals surface area (Å²) in [6.45, 7) is 0. The third-order valence-corrected chi connectivity index (χ3v) is 9.83. The number of hydrogen-bond donors (Lipinski definition) is 2. The van der Waals surface area contributed by atoms with Gasteiger partial charge in [0, 0.05) is 5.75 Å². The van der Waals surface area contributed by atoms with Gasteiger partial charge in [0.1, 0.15) is 0 Å². The summed E-state index contributed by atoms with van der Waals surface area (Å²) in [7, 11) is 1.40. The number of aliphatic hydroxyl groups is 1. The predicted octanol–water partition coefficient (Wildman–Crippen LogP) is 7.64. The molecule has 2 heterocycles. The van der Waals surface area contributed by atoms with E-state index in [1.807, 2.05) is 48.5 Å². The molecule has 6 rings (SSSR count). The Labute approximate surface area is 269 Å². The summed E-state index contributed by atoms with van der Waals surface area (Å²) in [6.07, 6.45) is 2.94. The third-order valence-electron chi connectivity index (χ3n) is 7.12. The lowest BCUT2D eigenvalue weighted by Gasteiger charge is -2.24. The molecule has 11 heteroatoms. The fourth-order valence-electron chi connectivity index (χ4n) is 5.02. The summed E-state index contributed by atoms with van der Waals surface area (Å²) in [6, 6.07) is 25.5. The molecule has 0 radical (unpaired) electrons. The first-order chi connectivity index (χ1) is 21.4. The number of halogens is 1. The van der Waals surface area contributed by atoms with Gasteiger partial charge in [-0.05, 0) is 61.6 Å². The second-order valence-corrected chi connectivity index (χ2v) is 12.8. The number of amides is 1. The number of rotatable bonds is 9. The number of methoxy groups -OCH3 is 1. The van der Waals surface area contributed by atoms with Crippen LogP contribution in [0.15, 0.2) is 111 Å². The number of anilines is 1. The van der Waals surface area contributed by atoms with E-state index in [0.29, 0.717) is 20.1 Å². The summed E-state index contributed by atoms with van der Waals surface area (Å²) < 4.78 is 6.25. The molecular weight excluding hydrogens is 662 g/mol. The molecule has 1 aliphatic rings. The van der Waals surface area contributed by atoms with Gasteiger partial charge in [-0.2, -0.15) is 0 Å². The highest BCUT2D eigenvalue weighted by atomic mass is 79.9. The van der Waals surface area contributed by atoms with Crippen molar-refractivity contribution in [3.05, 3.63) is 124 Å². The molecule has 1 amide bonds. The number of phenolic OH excluding ortho intramolecular Hbond substituents is 1. The molecule has 0 saturated heterocycles. The van der Waals surface area contributed by atoms with Crippen molar-refractivity contribution in [1.29, 1.82) is 0 Å². The van der Waals surface area contributed by atoms with Gasteiger partial charge in [-0.3, -0.25) is 14.5 Å². The van der Waals surface area contributed by atoms with E-state index in [-0.39, 0.29) is 22.2 Å². The Balaban J connectivity index is 1.35. The summed E-state index contributed by atoms with van der Waals surface area (Å²) in [5.74, 6) is -1.39. The monoisotopic (exact) mass is 685 g/mol. The maximum Gasteiger partial charge on any atom is 0.296 e. The molecule has 0 spiro atoms. The van der Waals surface area contributed by atoms with Crippen molar-refractivity contribution in [2.75, 3.05) is 12.0 Å². The zero-order chi connectivity index (χ0) is 30.8. The molecule has 5 aromatic rings. The standard InChI is InChI=1S/C33H24BrN3O5S2/c1-42-26-17-22(16-24(34)29(26)39)28-27(25(38)15-14-19-8-3-2-4-9-19)30(40)31(41)37(28)32-35-36-33(44-32)43-18-21-12-7-11-20-10-5-6-13-23(20)21/h2-17,28,39-40H,18H2,1H3. The quantitative estimate of drug-likeness (QED) is 0.0925. The number of benzene rings is 4. The van der Waals surface area contributed by atoms with Crippen LogP contribution >= 0.6 is 39.0 Å². The van der Waals surface area contributed by atoms with E-state index in [1.54, 1.807) is 12.1 Å². The lowest BCUT2D eigenvalue weighted by atomic mass is 9.95. The van der Waals surface area contributed by atoms with Crippen LogP contribution in [0, 0.1) is 0 Å². The molecule has 2 N–H and O–H groups in total. The van der Waals surface area contributed by atoms with Gasteiger partial charge in [0.05, 0.1) is 23.2 Å². The van der Waals surface area contributed by atoms with E-state index in [9.17, 15) is 19.8 Å². The van der Waals surface area contributed by atoms with Crippen LogP contribution in [-0.2, 0) is 15.3 Å². The van der Waals surface area contributed by atoms with Crippen LogP contribution in [0.25, 0.3) is 16.8 Å². The number of allylic oxidation sites excluding steroid dienone is 1. The van der Waals surface area contributed by atoms with Crippen LogP contribution in [-0.4, -0.2) is 39.2 Å². The highest BCUT2D eigenvalue weighted by Gasteiger charge is 2.45. The maximum absolute atomic E-state index is 13.6. The van der Waals surface area contributed by atoms with Gasteiger partial charge in [-0.25, -0.2) is 0 Å². The van der Waals surface area contributed by atoms with Crippen LogP contribution in [0.3, 0.4) is 0 Å². The molecule has 4 aromatic carbocycles. The van der Waals surface area contributed by atoms with E-state index in [0.717, 1.165) is 21.9 Å². The number of carbonyl (C=O) groups is 2. The van der Waals surface area contributed by atoms with Gasteiger partial charge in [-0.1, -0.05) is 102 Å². The van der Waals surface area contributed by atoms with Crippen LogP contribution in [0.5, 0.6) is 11.5 Å². The zero-order valence-corrected chi connectivity index (χ0v) is 26.4. The largest absolute Gasteiger partial charge is 0.503 e. The highest BCUT2D eigenvalue weighted by molar-refractivity contribution is 9.10. The SMILES string of the molecule is COc1cc(C2C(C(=O)C=Cc3ccccc3)=C(O)C(=O)N2c2nnc(SCc3cccc4ccccc34)s2)cc(Br)c1O. The van der Waals surface area contributed by atoms with Crippen molar-refractivity contribution in [2.45, 2.75) is 16.1 Å². The predicted molar refractivity (Wildman–Crippen MR) is 176 cm³/mol. The Morgan fingerprint density at radius 3 is 2.59 bits per heavy atom. The van der Waals surface area contributed by atoms with E-state index >= 15 is 0 Å². The van der Waals surface area contributed by atoms with Gasteiger partial charge < -0.3 is 14.9 Å². The van der Waals surface area contributed by atoms with Gasteiger partial charge in [0.15, 0.2) is 27.4 Å². The van der Waals surface area contributed by atoms with Gasteiger partial charge in [0.25, 0.3) is 5.91 Å². The topological polar surface area (TPSA) is 113 Å². The second-order valence-electron chi connectivity index (χ2n) is 9.78. The van der Waals surface area contributed by atoms with Crippen LogP contribution in [0.4, 0.5) is 5.13 Å². The summed E-state index contributed by atoms with van der Waals surface area (Å²) in [4.78, 5) is 28.5. The van der Waals surface area contributed by atoms with E-state index < -0.39 is 23.5 Å². The number of carbonyl (C=O) groups excluding carboxylic acids is 2. The number of thioether (sulfide) groups is 1. The molecule has 220 valence electrons. The zero-order valence-electron chi connectivity index (χ0n) is 23.2. The van der Waals surface area contributed by atoms with Gasteiger partial charge in [0.2, 0.25) is 5.13 Å². The number of ketones is 1. The Kier molecular flexibility index (Phi) is 8.51. The smallest absolute Gasteiger partial charge is 0.296 e. The minimum absolute atomic E-state index is 0.123. The molecule has 0 aliphatic carbocycles. The molecule has 8 nitrogen and oxygen atoms in total. The van der Waals surface area contributed by atoms with E-state index in [1.165, 1.54) is 47.3 Å². The van der Waals surface area contributed by atoms with Gasteiger partial charge in [-0.15, -0.1) is 10.2 Å². The van der Waals surface area contributed by atoms with Crippen molar-refractivity contribution < 1.29 is 24.5 Å². The summed E-state index contributed by atoms with van der Waals surface area (Å²) in [5.41, 5.74) is 2.21. The third kappa shape index (κ3) is 5.73. The number of phenols is 1. The Bertz CT molecular complexity index is 1950. The molecular formula is C33H24BrN3O5S2. The maximum atomic E-state index is 13.6. The number of ether oxygens (including phenoxy) is 1. The number of aromatic nitrogens is 2. The van der Waals surface area contributed by atoms with Crippen molar-refractivity contribution in [3.8, 4) is 11.5 Å². The Hall–Kier alpha value is -4.45. The number of fused-ring (bicyclic) bond motifs is 1. The Morgan fingerprint density at radius 1 is 1.05 bits per heavy atom. The average Bonchev–Trinajstić information content (AvgIpc) is 3.62. The number of nitrogens with zero attached hydrogens (tertiary/aromatic N) is 3. The fraction of sp³-hybridized carbons (Fsp3) is 0.0909. The second kappa shape index (κ2) is 12.7. The number of aliphatic hydroxyl groups excluding tert-OH is 1. The minimum Gasteiger partial charge on any atom is -0.503 e. The first kappa shape index (κ1) is 29.6. The number of hydrogen-bond acceptors (Lipinski definition) is 9. The van der Waals surface area contributed by atoms with Crippen molar-refractivity contribution >= 4 is 72.7 Å². The van der Waals surface area contributed by atoms with Crippen molar-refractivity contribution in [2.24, 2.45) is 0 Å². The number of aromatic hydroxyl groups is 1. The molecule has 44 heavy (non-hydrogen) atoms. The molecule has 1 aliphatic heterocycles. The lowest BCUT2D eigenvalue weighted by Crippen LogP contribution is -2.31. The minimum atomic E-state index is -1.06. The van der Waals surface area contributed by atoms with Crippen LogP contribution < -0.4 is 9.64 Å². The average molecular weight is 687 g/mol. The Morgan fingerprint density at radius 2 is 1.80 bits per heavy atom. The molecule has 0 saturated carbocycles. The normalized spacial score (nSPS) is 15.1. The van der Waals surface area contributed by atoms with Crippen molar-refractivity contribution in [3.63, 3.8) is 0 Å². The first-order valence-electron chi connectivity index (χ1n) is 13.4. The van der Waals surface area contributed by atoms with Crippen molar-refractivity contribution in [1.82, 2.24) is 10.2 Å². The van der Waals surface area contributed by atoms with Crippen LogP contribution in [0.1, 0.15) is 22.7 Å². The molecule has 0 fully saturated rings. The molecule has 0 bridgehead atoms. The highest BCUT2D eigenvalue weighted by Crippen LogP contribution is 2.46. The summed E-state index contributed by atoms with van der Waals surface area (Å²) in [5, 5.41) is 32.7. The molecule has 1 aromatic heterocycles. The molecule has 1 unspecified atom stereocenters. The van der Waals surface area contributed by atoms with Crippen LogP contribution in [0.2, 0.25) is 0 Å². The first-order valence-corrected chi connectivity index (χ1v) is 16.0. The lowest BCUT2D eigenvalue weighted by molar-refractivity contribution is -0.117. The van der Waals surface area contributed by atoms with E-state index in [2.05, 4.69) is 50.4 Å². The fourth-order valence-corrected chi connectivity index (χ4v) is 7.35.